The molecule has 0 heterocycles. The third kappa shape index (κ3) is 1.27. The summed E-state index contributed by atoms with van der Waals surface area (Å²) in [5.41, 5.74) is 10.4. The lowest BCUT2D eigenvalue weighted by Gasteiger charge is -2.45. The van der Waals surface area contributed by atoms with Crippen LogP contribution >= 0.6 is 0 Å². The minimum absolute atomic E-state index is 0.0432. The molecule has 1 aromatic rings. The largest absolute Gasteiger partial charge is 0.321 e. The zero-order chi connectivity index (χ0) is 10.3. The van der Waals surface area contributed by atoms with Crippen LogP contribution < -0.4 is 5.73 Å². The summed E-state index contributed by atoms with van der Waals surface area (Å²) in [5, 5.41) is 0. The summed E-state index contributed by atoms with van der Waals surface area (Å²) in [5.74, 6) is 0.629. The predicted molar refractivity (Wildman–Crippen MR) is 60.2 cm³/mol. The van der Waals surface area contributed by atoms with Gasteiger partial charge < -0.3 is 5.73 Å². The molecule has 14 heavy (non-hydrogen) atoms. The first-order chi connectivity index (χ1) is 6.54. The maximum absolute atomic E-state index is 6.39. The highest BCUT2D eigenvalue weighted by Crippen LogP contribution is 2.44. The molecule has 1 saturated carbocycles. The fourth-order valence-electron chi connectivity index (χ4n) is 2.20. The van der Waals surface area contributed by atoms with Crippen molar-refractivity contribution < 1.29 is 0 Å². The van der Waals surface area contributed by atoms with E-state index in [4.69, 9.17) is 5.73 Å². The van der Waals surface area contributed by atoms with Gasteiger partial charge in [0.05, 0.1) is 0 Å². The van der Waals surface area contributed by atoms with Gasteiger partial charge in [0.15, 0.2) is 0 Å². The molecule has 2 rings (SSSR count). The minimum Gasteiger partial charge on any atom is -0.321 e. The Labute approximate surface area is 86.3 Å². The lowest BCUT2D eigenvalue weighted by molar-refractivity contribution is 0.145. The first-order valence-electron chi connectivity index (χ1n) is 5.40. The molecule has 0 radical (unpaired) electrons. The van der Waals surface area contributed by atoms with Crippen molar-refractivity contribution in [2.24, 2.45) is 11.7 Å². The molecule has 1 nitrogen and oxygen atoms in total. The van der Waals surface area contributed by atoms with Crippen LogP contribution in [0.25, 0.3) is 0 Å². The fourth-order valence-corrected chi connectivity index (χ4v) is 2.20. The van der Waals surface area contributed by atoms with Crippen molar-refractivity contribution in [1.29, 1.82) is 0 Å². The summed E-state index contributed by atoms with van der Waals surface area (Å²) in [7, 11) is 0. The zero-order valence-corrected chi connectivity index (χ0v) is 9.30. The van der Waals surface area contributed by atoms with Crippen LogP contribution in [0.4, 0.5) is 0 Å². The smallest absolute Gasteiger partial charge is 0.0435 e. The van der Waals surface area contributed by atoms with Crippen LogP contribution in [0.2, 0.25) is 0 Å². The maximum Gasteiger partial charge on any atom is 0.0435 e. The van der Waals surface area contributed by atoms with E-state index in [1.807, 2.05) is 0 Å². The molecule has 2 N–H and O–H groups in total. The highest BCUT2D eigenvalue weighted by atomic mass is 14.8. The van der Waals surface area contributed by atoms with Crippen molar-refractivity contribution in [1.82, 2.24) is 0 Å². The molecule has 76 valence electrons. The van der Waals surface area contributed by atoms with E-state index in [9.17, 15) is 0 Å². The Bertz CT molecular complexity index is 356. The van der Waals surface area contributed by atoms with Gasteiger partial charge in [0, 0.05) is 5.54 Å². The van der Waals surface area contributed by atoms with Gasteiger partial charge in [-0.3, -0.25) is 0 Å². The molecule has 0 saturated heterocycles. The second-order valence-electron chi connectivity index (χ2n) is 4.78. The van der Waals surface area contributed by atoms with E-state index in [1.54, 1.807) is 0 Å². The molecule has 1 aromatic carbocycles. The molecule has 1 aliphatic carbocycles. The summed E-state index contributed by atoms with van der Waals surface area (Å²) in [6.07, 6.45) is 2.40. The molecule has 0 aromatic heterocycles. The van der Waals surface area contributed by atoms with Gasteiger partial charge in [-0.1, -0.05) is 25.1 Å². The monoisotopic (exact) mass is 189 g/mol. The maximum atomic E-state index is 6.39. The molecule has 2 unspecified atom stereocenters. The Kier molecular flexibility index (Phi) is 2.15. The molecular formula is C13H19N. The third-order valence-corrected chi connectivity index (χ3v) is 3.91. The normalized spacial score (nSPS) is 31.3. The number of rotatable bonds is 1. The first kappa shape index (κ1) is 9.72. The van der Waals surface area contributed by atoms with Crippen LogP contribution in [0.3, 0.4) is 0 Å². The van der Waals surface area contributed by atoms with Crippen LogP contribution in [0, 0.1) is 19.8 Å². The molecule has 1 aliphatic rings. The second kappa shape index (κ2) is 3.09. The lowest BCUT2D eigenvalue weighted by Crippen LogP contribution is -2.50. The van der Waals surface area contributed by atoms with Gasteiger partial charge in [-0.05, 0) is 49.3 Å². The Morgan fingerprint density at radius 2 is 2.00 bits per heavy atom. The highest BCUT2D eigenvalue weighted by molar-refractivity contribution is 5.35. The van der Waals surface area contributed by atoms with Crippen molar-refractivity contribution in [2.45, 2.75) is 39.2 Å². The van der Waals surface area contributed by atoms with Crippen LogP contribution in [0.1, 0.15) is 36.5 Å². The Morgan fingerprint density at radius 1 is 1.29 bits per heavy atom. The van der Waals surface area contributed by atoms with Gasteiger partial charge >= 0.3 is 0 Å². The summed E-state index contributed by atoms with van der Waals surface area (Å²) >= 11 is 0. The Hall–Kier alpha value is -0.820. The van der Waals surface area contributed by atoms with E-state index < -0.39 is 0 Å². The third-order valence-electron chi connectivity index (χ3n) is 3.91. The van der Waals surface area contributed by atoms with Crippen LogP contribution in [0.5, 0.6) is 0 Å². The van der Waals surface area contributed by atoms with Gasteiger partial charge in [0.1, 0.15) is 0 Å². The fraction of sp³-hybridized carbons (Fsp3) is 0.538. The number of hydrogen-bond donors (Lipinski definition) is 1. The topological polar surface area (TPSA) is 26.0 Å². The van der Waals surface area contributed by atoms with E-state index in [0.717, 1.165) is 6.42 Å². The molecule has 0 bridgehead atoms. The van der Waals surface area contributed by atoms with Gasteiger partial charge in [-0.2, -0.15) is 0 Å². The standard InChI is InChI=1S/C13H19N/c1-9-4-5-12(8-10(9)2)13(14)7-6-11(13)3/h4-5,8,11H,6-7,14H2,1-3H3. The quantitative estimate of drug-likeness (QED) is 0.722. The Morgan fingerprint density at radius 3 is 2.43 bits per heavy atom. The van der Waals surface area contributed by atoms with Crippen molar-refractivity contribution >= 4 is 0 Å². The number of aryl methyl sites for hydroxylation is 2. The number of benzene rings is 1. The number of nitrogens with two attached hydrogens (primary N) is 1. The summed E-state index contributed by atoms with van der Waals surface area (Å²) in [4.78, 5) is 0. The molecule has 1 fully saturated rings. The first-order valence-corrected chi connectivity index (χ1v) is 5.40. The highest BCUT2D eigenvalue weighted by Gasteiger charge is 2.41. The van der Waals surface area contributed by atoms with Gasteiger partial charge in [-0.25, -0.2) is 0 Å². The van der Waals surface area contributed by atoms with Gasteiger partial charge in [-0.15, -0.1) is 0 Å². The molecule has 2 atom stereocenters. The van der Waals surface area contributed by atoms with Crippen LogP contribution in [0.15, 0.2) is 18.2 Å². The van der Waals surface area contributed by atoms with Crippen molar-refractivity contribution in [3.05, 3.63) is 34.9 Å². The molecular weight excluding hydrogens is 170 g/mol. The van der Waals surface area contributed by atoms with E-state index in [2.05, 4.69) is 39.0 Å². The summed E-state index contributed by atoms with van der Waals surface area (Å²) in [6.45, 7) is 6.55. The average molecular weight is 189 g/mol. The minimum atomic E-state index is -0.0432. The van der Waals surface area contributed by atoms with Crippen molar-refractivity contribution in [3.63, 3.8) is 0 Å². The van der Waals surface area contributed by atoms with E-state index in [-0.39, 0.29) is 5.54 Å². The van der Waals surface area contributed by atoms with Gasteiger partial charge in [0.2, 0.25) is 0 Å². The zero-order valence-electron chi connectivity index (χ0n) is 9.30. The summed E-state index contributed by atoms with van der Waals surface area (Å²) < 4.78 is 0. The van der Waals surface area contributed by atoms with Crippen LogP contribution in [-0.4, -0.2) is 0 Å². The number of hydrogen-bond acceptors (Lipinski definition) is 1. The van der Waals surface area contributed by atoms with E-state index in [1.165, 1.54) is 23.1 Å². The second-order valence-corrected chi connectivity index (χ2v) is 4.78. The van der Waals surface area contributed by atoms with Crippen molar-refractivity contribution in [2.75, 3.05) is 0 Å². The summed E-state index contributed by atoms with van der Waals surface area (Å²) in [6, 6.07) is 6.63. The van der Waals surface area contributed by atoms with Gasteiger partial charge in [0.25, 0.3) is 0 Å². The molecule has 1 heteroatoms. The SMILES string of the molecule is Cc1ccc(C2(N)CCC2C)cc1C. The van der Waals surface area contributed by atoms with Crippen molar-refractivity contribution in [3.8, 4) is 0 Å². The van der Waals surface area contributed by atoms with E-state index >= 15 is 0 Å². The molecule has 0 aliphatic heterocycles. The van der Waals surface area contributed by atoms with Crippen LogP contribution in [-0.2, 0) is 5.54 Å². The average Bonchev–Trinajstić information content (AvgIpc) is 2.18. The lowest BCUT2D eigenvalue weighted by atomic mass is 9.64. The molecule has 0 spiro atoms. The Balaban J connectivity index is 2.37. The van der Waals surface area contributed by atoms with E-state index in [0.29, 0.717) is 5.92 Å². The molecule has 0 amide bonds. The predicted octanol–water partition coefficient (Wildman–Crippen LogP) is 2.89.